The SMILES string of the molecule is CSc1ccn(C(=O)C(C)(C)C)c1. The second-order valence-electron chi connectivity index (χ2n) is 4.01. The highest BCUT2D eigenvalue weighted by molar-refractivity contribution is 7.98. The molecule has 1 aromatic heterocycles. The standard InChI is InChI=1S/C10H15NOS/c1-10(2,3)9(12)11-6-5-8(7-11)13-4/h5-7H,1-4H3. The highest BCUT2D eigenvalue weighted by Crippen LogP contribution is 2.20. The van der Waals surface area contributed by atoms with E-state index in [0.29, 0.717) is 0 Å². The van der Waals surface area contributed by atoms with Crippen LogP contribution in [0.5, 0.6) is 0 Å². The van der Waals surface area contributed by atoms with Gasteiger partial charge in [-0.25, -0.2) is 0 Å². The molecule has 1 rings (SSSR count). The molecule has 0 atom stereocenters. The molecule has 0 radical (unpaired) electrons. The number of rotatable bonds is 1. The third kappa shape index (κ3) is 2.37. The van der Waals surface area contributed by atoms with Gasteiger partial charge in [-0.3, -0.25) is 9.36 Å². The summed E-state index contributed by atoms with van der Waals surface area (Å²) in [4.78, 5) is 12.9. The molecule has 1 aromatic rings. The molecule has 0 unspecified atom stereocenters. The molecule has 0 spiro atoms. The number of hydrogen-bond acceptors (Lipinski definition) is 2. The van der Waals surface area contributed by atoms with Crippen LogP contribution in [0.3, 0.4) is 0 Å². The Balaban J connectivity index is 2.90. The van der Waals surface area contributed by atoms with Crippen molar-refractivity contribution < 1.29 is 4.79 Å². The highest BCUT2D eigenvalue weighted by Gasteiger charge is 2.22. The zero-order valence-electron chi connectivity index (χ0n) is 8.50. The molecule has 0 N–H and O–H groups in total. The normalized spacial score (nSPS) is 11.7. The number of hydrogen-bond donors (Lipinski definition) is 0. The minimum Gasteiger partial charge on any atom is -0.293 e. The maximum atomic E-state index is 11.7. The van der Waals surface area contributed by atoms with Crippen molar-refractivity contribution in [2.24, 2.45) is 5.41 Å². The molecule has 0 aliphatic carbocycles. The Morgan fingerprint density at radius 3 is 2.46 bits per heavy atom. The summed E-state index contributed by atoms with van der Waals surface area (Å²) in [6.07, 6.45) is 5.69. The lowest BCUT2D eigenvalue weighted by atomic mass is 9.96. The Hall–Kier alpha value is -0.700. The second kappa shape index (κ2) is 3.58. The lowest BCUT2D eigenvalue weighted by Crippen LogP contribution is -2.25. The summed E-state index contributed by atoms with van der Waals surface area (Å²) in [6, 6.07) is 1.95. The first-order chi connectivity index (χ1) is 5.95. The molecule has 1 heterocycles. The minimum atomic E-state index is -0.311. The van der Waals surface area contributed by atoms with Gasteiger partial charge >= 0.3 is 0 Å². The summed E-state index contributed by atoms with van der Waals surface area (Å²) in [6.45, 7) is 5.77. The predicted octanol–water partition coefficient (Wildman–Crippen LogP) is 2.90. The van der Waals surface area contributed by atoms with E-state index in [2.05, 4.69) is 0 Å². The summed E-state index contributed by atoms with van der Waals surface area (Å²) >= 11 is 1.64. The summed E-state index contributed by atoms with van der Waals surface area (Å²) in [5.41, 5.74) is -0.311. The monoisotopic (exact) mass is 197 g/mol. The van der Waals surface area contributed by atoms with Gasteiger partial charge in [0.15, 0.2) is 0 Å². The molecule has 0 bridgehead atoms. The second-order valence-corrected chi connectivity index (χ2v) is 4.89. The summed E-state index contributed by atoms with van der Waals surface area (Å²) in [5.74, 6) is 0.132. The van der Waals surface area contributed by atoms with Gasteiger partial charge in [-0.05, 0) is 12.3 Å². The number of nitrogens with zero attached hydrogens (tertiary/aromatic N) is 1. The third-order valence-electron chi connectivity index (χ3n) is 1.78. The summed E-state index contributed by atoms with van der Waals surface area (Å²) < 4.78 is 1.66. The third-order valence-corrected chi connectivity index (χ3v) is 2.49. The molecule has 0 aromatic carbocycles. The number of thioether (sulfide) groups is 1. The van der Waals surface area contributed by atoms with Crippen LogP contribution < -0.4 is 0 Å². The number of aromatic nitrogens is 1. The number of carbonyl (C=O) groups excluding carboxylic acids is 1. The van der Waals surface area contributed by atoms with Crippen LogP contribution >= 0.6 is 11.8 Å². The average molecular weight is 197 g/mol. The maximum absolute atomic E-state index is 11.7. The predicted molar refractivity (Wildman–Crippen MR) is 56.3 cm³/mol. The van der Waals surface area contributed by atoms with Crippen LogP contribution in [-0.4, -0.2) is 16.7 Å². The van der Waals surface area contributed by atoms with Crippen molar-refractivity contribution in [1.82, 2.24) is 4.57 Å². The zero-order chi connectivity index (χ0) is 10.1. The van der Waals surface area contributed by atoms with Crippen LogP contribution in [0.4, 0.5) is 0 Å². The van der Waals surface area contributed by atoms with E-state index in [4.69, 9.17) is 0 Å². The first-order valence-corrected chi connectivity index (χ1v) is 5.44. The first-order valence-electron chi connectivity index (χ1n) is 4.22. The molecule has 13 heavy (non-hydrogen) atoms. The maximum Gasteiger partial charge on any atom is 0.235 e. The molecule has 2 nitrogen and oxygen atoms in total. The lowest BCUT2D eigenvalue weighted by molar-refractivity contribution is 0.0766. The quantitative estimate of drug-likeness (QED) is 0.646. The minimum absolute atomic E-state index is 0.132. The zero-order valence-corrected chi connectivity index (χ0v) is 9.31. The highest BCUT2D eigenvalue weighted by atomic mass is 32.2. The van der Waals surface area contributed by atoms with Crippen molar-refractivity contribution in [3.63, 3.8) is 0 Å². The van der Waals surface area contributed by atoms with Crippen LogP contribution in [0.25, 0.3) is 0 Å². The number of carbonyl (C=O) groups is 1. The van der Waals surface area contributed by atoms with Gasteiger partial charge in [-0.2, -0.15) is 0 Å². The van der Waals surface area contributed by atoms with E-state index >= 15 is 0 Å². The topological polar surface area (TPSA) is 22.0 Å². The smallest absolute Gasteiger partial charge is 0.235 e. The molecule has 0 fully saturated rings. The van der Waals surface area contributed by atoms with Gasteiger partial charge in [0, 0.05) is 22.7 Å². The molecule has 0 aliphatic heterocycles. The average Bonchev–Trinajstić information content (AvgIpc) is 2.48. The Labute approximate surface area is 83.3 Å². The van der Waals surface area contributed by atoms with E-state index < -0.39 is 0 Å². The van der Waals surface area contributed by atoms with Crippen molar-refractivity contribution in [3.05, 3.63) is 18.5 Å². The van der Waals surface area contributed by atoms with Gasteiger partial charge in [0.1, 0.15) is 0 Å². The molecule has 72 valence electrons. The summed E-state index contributed by atoms with van der Waals surface area (Å²) in [7, 11) is 0. The van der Waals surface area contributed by atoms with Gasteiger partial charge in [0.2, 0.25) is 5.91 Å². The van der Waals surface area contributed by atoms with Crippen molar-refractivity contribution >= 4 is 17.7 Å². The van der Waals surface area contributed by atoms with Gasteiger partial charge in [0.25, 0.3) is 0 Å². The fourth-order valence-electron chi connectivity index (χ4n) is 1.01. The van der Waals surface area contributed by atoms with E-state index in [0.717, 1.165) is 4.90 Å². The molecule has 0 saturated carbocycles. The van der Waals surface area contributed by atoms with Crippen LogP contribution in [0.15, 0.2) is 23.4 Å². The first kappa shape index (κ1) is 10.4. The Morgan fingerprint density at radius 2 is 2.08 bits per heavy atom. The van der Waals surface area contributed by atoms with Crippen molar-refractivity contribution in [2.75, 3.05) is 6.26 Å². The fourth-order valence-corrected chi connectivity index (χ4v) is 1.43. The van der Waals surface area contributed by atoms with Crippen molar-refractivity contribution in [2.45, 2.75) is 25.7 Å². The summed E-state index contributed by atoms with van der Waals surface area (Å²) in [5, 5.41) is 0. The largest absolute Gasteiger partial charge is 0.293 e. The van der Waals surface area contributed by atoms with Crippen LogP contribution in [-0.2, 0) is 0 Å². The van der Waals surface area contributed by atoms with E-state index in [1.165, 1.54) is 0 Å². The van der Waals surface area contributed by atoms with Crippen LogP contribution in [0.1, 0.15) is 25.6 Å². The Kier molecular flexibility index (Phi) is 2.86. The van der Waals surface area contributed by atoms with Gasteiger partial charge < -0.3 is 0 Å². The molecular weight excluding hydrogens is 182 g/mol. The lowest BCUT2D eigenvalue weighted by Gasteiger charge is -2.16. The fraction of sp³-hybridized carbons (Fsp3) is 0.500. The van der Waals surface area contributed by atoms with E-state index in [1.807, 2.05) is 45.5 Å². The van der Waals surface area contributed by atoms with E-state index in [9.17, 15) is 4.79 Å². The van der Waals surface area contributed by atoms with Crippen LogP contribution in [0, 0.1) is 5.41 Å². The van der Waals surface area contributed by atoms with Gasteiger partial charge in [-0.1, -0.05) is 20.8 Å². The van der Waals surface area contributed by atoms with Crippen molar-refractivity contribution in [3.8, 4) is 0 Å². The van der Waals surface area contributed by atoms with E-state index in [-0.39, 0.29) is 11.3 Å². The Bertz CT molecular complexity index is 309. The molecule has 0 saturated heterocycles. The van der Waals surface area contributed by atoms with Gasteiger partial charge in [0.05, 0.1) is 0 Å². The molecular formula is C10H15NOS. The molecule has 0 amide bonds. The van der Waals surface area contributed by atoms with Gasteiger partial charge in [-0.15, -0.1) is 11.8 Å². The Morgan fingerprint density at radius 1 is 1.46 bits per heavy atom. The van der Waals surface area contributed by atoms with Crippen LogP contribution in [0.2, 0.25) is 0 Å². The molecule has 3 heteroatoms. The molecule has 0 aliphatic rings. The van der Waals surface area contributed by atoms with E-state index in [1.54, 1.807) is 16.3 Å². The van der Waals surface area contributed by atoms with Crippen molar-refractivity contribution in [1.29, 1.82) is 0 Å².